The molecular formula is C21H18F3N5O3S. The zero-order valence-electron chi connectivity index (χ0n) is 17.2. The Balaban J connectivity index is 1.57. The molecule has 0 bridgehead atoms. The Morgan fingerprint density at radius 2 is 1.76 bits per heavy atom. The van der Waals surface area contributed by atoms with Crippen LogP contribution in [0.4, 0.5) is 13.2 Å². The van der Waals surface area contributed by atoms with Crippen LogP contribution in [-0.2, 0) is 27.5 Å². The van der Waals surface area contributed by atoms with E-state index < -0.39 is 34.3 Å². The van der Waals surface area contributed by atoms with Gasteiger partial charge < -0.3 is 5.32 Å². The van der Waals surface area contributed by atoms with Crippen LogP contribution in [0.5, 0.6) is 0 Å². The van der Waals surface area contributed by atoms with Crippen LogP contribution in [0.2, 0.25) is 0 Å². The van der Waals surface area contributed by atoms with E-state index in [2.05, 4.69) is 10.4 Å². The number of halogens is 3. The lowest BCUT2D eigenvalue weighted by molar-refractivity contribution is -0.141. The van der Waals surface area contributed by atoms with Crippen LogP contribution >= 0.6 is 0 Å². The molecule has 1 N–H and O–H groups in total. The zero-order chi connectivity index (χ0) is 24.2. The van der Waals surface area contributed by atoms with Gasteiger partial charge in [0.1, 0.15) is 0 Å². The molecule has 12 heteroatoms. The molecule has 2 aromatic carbocycles. The van der Waals surface area contributed by atoms with Gasteiger partial charge in [-0.25, -0.2) is 13.1 Å². The van der Waals surface area contributed by atoms with Crippen molar-refractivity contribution in [2.75, 3.05) is 13.6 Å². The standard InChI is InChI=1S/C21H18F3N5O3S/c1-28(33(31,32)18-8-4-15(12-25)5-9-18)14-20(30)26-13-16-2-6-17(7-3-16)29-11-10-19(27-29)21(22,23)24/h2-11H,13-14H2,1H3,(H,26,30). The predicted molar refractivity (Wildman–Crippen MR) is 111 cm³/mol. The first-order chi connectivity index (χ1) is 15.5. The number of carbonyl (C=O) groups is 1. The lowest BCUT2D eigenvalue weighted by Gasteiger charge is -2.17. The van der Waals surface area contributed by atoms with E-state index in [1.54, 1.807) is 24.3 Å². The Kier molecular flexibility index (Phi) is 6.85. The number of nitriles is 1. The molecule has 33 heavy (non-hydrogen) atoms. The first kappa shape index (κ1) is 24.0. The fourth-order valence-corrected chi connectivity index (χ4v) is 3.94. The van der Waals surface area contributed by atoms with Crippen molar-refractivity contribution < 1.29 is 26.4 Å². The minimum atomic E-state index is -4.53. The van der Waals surface area contributed by atoms with E-state index >= 15 is 0 Å². The molecule has 0 aliphatic carbocycles. The molecule has 0 unspecified atom stereocenters. The lowest BCUT2D eigenvalue weighted by atomic mass is 10.2. The maximum atomic E-state index is 12.7. The summed E-state index contributed by atoms with van der Waals surface area (Å²) in [5.41, 5.74) is 0.384. The van der Waals surface area contributed by atoms with Crippen molar-refractivity contribution >= 4 is 15.9 Å². The molecule has 0 radical (unpaired) electrons. The van der Waals surface area contributed by atoms with Crippen molar-refractivity contribution in [2.24, 2.45) is 0 Å². The summed E-state index contributed by atoms with van der Waals surface area (Å²) in [6, 6.07) is 14.4. The van der Waals surface area contributed by atoms with Crippen molar-refractivity contribution in [2.45, 2.75) is 17.6 Å². The van der Waals surface area contributed by atoms with Crippen molar-refractivity contribution in [3.63, 3.8) is 0 Å². The second-order valence-corrected chi connectivity index (χ2v) is 9.03. The molecule has 1 aromatic heterocycles. The number of nitrogens with zero attached hydrogens (tertiary/aromatic N) is 4. The van der Waals surface area contributed by atoms with E-state index in [4.69, 9.17) is 5.26 Å². The second kappa shape index (κ2) is 9.43. The van der Waals surface area contributed by atoms with Crippen molar-refractivity contribution in [3.8, 4) is 11.8 Å². The third-order valence-electron chi connectivity index (χ3n) is 4.63. The normalized spacial score (nSPS) is 11.9. The monoisotopic (exact) mass is 477 g/mol. The molecule has 0 saturated heterocycles. The molecule has 3 aromatic rings. The highest BCUT2D eigenvalue weighted by atomic mass is 32.2. The molecule has 8 nitrogen and oxygen atoms in total. The van der Waals surface area contributed by atoms with Gasteiger partial charge in [0, 0.05) is 19.8 Å². The number of sulfonamides is 1. The van der Waals surface area contributed by atoms with Gasteiger partial charge in [-0.3, -0.25) is 4.79 Å². The molecule has 1 amide bonds. The molecular weight excluding hydrogens is 459 g/mol. The van der Waals surface area contributed by atoms with Crippen LogP contribution in [0.15, 0.2) is 65.7 Å². The van der Waals surface area contributed by atoms with Gasteiger partial charge in [-0.1, -0.05) is 12.1 Å². The van der Waals surface area contributed by atoms with Gasteiger partial charge in [0.15, 0.2) is 5.69 Å². The van der Waals surface area contributed by atoms with Gasteiger partial charge in [0.2, 0.25) is 15.9 Å². The number of benzene rings is 2. The Bertz CT molecular complexity index is 1280. The van der Waals surface area contributed by atoms with Crippen LogP contribution in [0.3, 0.4) is 0 Å². The number of amides is 1. The van der Waals surface area contributed by atoms with E-state index in [0.29, 0.717) is 16.8 Å². The minimum absolute atomic E-state index is 0.0420. The van der Waals surface area contributed by atoms with Crippen LogP contribution in [0, 0.1) is 11.3 Å². The van der Waals surface area contributed by atoms with Crippen molar-refractivity contribution in [1.82, 2.24) is 19.4 Å². The van der Waals surface area contributed by atoms with Gasteiger partial charge in [-0.2, -0.15) is 27.8 Å². The number of hydrogen-bond donors (Lipinski definition) is 1. The third-order valence-corrected chi connectivity index (χ3v) is 6.45. The average Bonchev–Trinajstić information content (AvgIpc) is 3.29. The van der Waals surface area contributed by atoms with Gasteiger partial charge >= 0.3 is 6.18 Å². The molecule has 172 valence electrons. The summed E-state index contributed by atoms with van der Waals surface area (Å²) in [5.74, 6) is -0.541. The molecule has 3 rings (SSSR count). The first-order valence-electron chi connectivity index (χ1n) is 9.46. The molecule has 0 fully saturated rings. The lowest BCUT2D eigenvalue weighted by Crippen LogP contribution is -2.38. The first-order valence-corrected chi connectivity index (χ1v) is 10.9. The number of hydrogen-bond acceptors (Lipinski definition) is 5. The van der Waals surface area contributed by atoms with Crippen LogP contribution in [0.25, 0.3) is 5.69 Å². The van der Waals surface area contributed by atoms with E-state index in [1.807, 2.05) is 6.07 Å². The SMILES string of the molecule is CN(CC(=O)NCc1ccc(-n2ccc(C(F)(F)F)n2)cc1)S(=O)(=O)c1ccc(C#N)cc1. The highest BCUT2D eigenvalue weighted by molar-refractivity contribution is 7.89. The van der Waals surface area contributed by atoms with Gasteiger partial charge in [-0.15, -0.1) is 0 Å². The summed E-state index contributed by atoms with van der Waals surface area (Å²) in [5, 5.41) is 14.9. The number of carbonyl (C=O) groups excluding carboxylic acids is 1. The number of likely N-dealkylation sites (N-methyl/N-ethyl adjacent to an activating group) is 1. The maximum Gasteiger partial charge on any atom is 0.435 e. The Morgan fingerprint density at radius 1 is 1.12 bits per heavy atom. The number of aromatic nitrogens is 2. The summed E-state index contributed by atoms with van der Waals surface area (Å²) < 4.78 is 65.1. The van der Waals surface area contributed by atoms with E-state index in [-0.39, 0.29) is 11.4 Å². The van der Waals surface area contributed by atoms with Crippen LogP contribution in [-0.4, -0.2) is 42.0 Å². The zero-order valence-corrected chi connectivity index (χ0v) is 18.1. The third kappa shape index (κ3) is 5.76. The van der Waals surface area contributed by atoms with Crippen LogP contribution < -0.4 is 5.32 Å². The predicted octanol–water partition coefficient (Wildman–Crippen LogP) is 2.70. The summed E-state index contributed by atoms with van der Waals surface area (Å²) in [4.78, 5) is 12.2. The van der Waals surface area contributed by atoms with E-state index in [1.165, 1.54) is 37.5 Å². The molecule has 1 heterocycles. The quantitative estimate of drug-likeness (QED) is 0.563. The fraction of sp³-hybridized carbons (Fsp3) is 0.190. The number of nitrogens with one attached hydrogen (secondary N) is 1. The summed E-state index contributed by atoms with van der Waals surface area (Å²) in [7, 11) is -2.65. The Morgan fingerprint density at radius 3 is 2.30 bits per heavy atom. The fourth-order valence-electron chi connectivity index (χ4n) is 2.81. The Labute approximate surface area is 187 Å². The molecule has 0 saturated carbocycles. The minimum Gasteiger partial charge on any atom is -0.351 e. The van der Waals surface area contributed by atoms with Crippen molar-refractivity contribution in [1.29, 1.82) is 5.26 Å². The maximum absolute atomic E-state index is 12.7. The molecule has 0 spiro atoms. The number of rotatable bonds is 7. The molecule has 0 aliphatic heterocycles. The summed E-state index contributed by atoms with van der Waals surface area (Å²) >= 11 is 0. The largest absolute Gasteiger partial charge is 0.435 e. The second-order valence-electron chi connectivity index (χ2n) is 6.98. The van der Waals surface area contributed by atoms with Crippen molar-refractivity contribution in [3.05, 3.63) is 77.6 Å². The smallest absolute Gasteiger partial charge is 0.351 e. The van der Waals surface area contributed by atoms with E-state index in [9.17, 15) is 26.4 Å². The van der Waals surface area contributed by atoms with Crippen LogP contribution in [0.1, 0.15) is 16.8 Å². The van der Waals surface area contributed by atoms with Gasteiger partial charge in [0.25, 0.3) is 0 Å². The Hall–Kier alpha value is -3.69. The van der Waals surface area contributed by atoms with Gasteiger partial charge in [-0.05, 0) is 48.0 Å². The van der Waals surface area contributed by atoms with E-state index in [0.717, 1.165) is 15.1 Å². The summed E-state index contributed by atoms with van der Waals surface area (Å²) in [6.45, 7) is -0.329. The highest BCUT2D eigenvalue weighted by Gasteiger charge is 2.33. The topological polar surface area (TPSA) is 108 Å². The number of alkyl halides is 3. The molecule has 0 aliphatic rings. The van der Waals surface area contributed by atoms with Gasteiger partial charge in [0.05, 0.1) is 28.8 Å². The molecule has 0 atom stereocenters. The highest BCUT2D eigenvalue weighted by Crippen LogP contribution is 2.27. The average molecular weight is 477 g/mol. The summed E-state index contributed by atoms with van der Waals surface area (Å²) in [6.07, 6.45) is -3.33.